The van der Waals surface area contributed by atoms with Gasteiger partial charge in [-0.15, -0.1) is 24.0 Å². The molecule has 3 rings (SSSR count). The number of benzene rings is 1. The minimum absolute atomic E-state index is 0. The molecule has 2 aliphatic heterocycles. The van der Waals surface area contributed by atoms with Crippen LogP contribution in [0.4, 0.5) is 0 Å². The molecule has 134 valence electrons. The predicted molar refractivity (Wildman–Crippen MR) is 109 cm³/mol. The lowest BCUT2D eigenvalue weighted by molar-refractivity contribution is 0.0674. The molecule has 1 atom stereocenters. The molecule has 0 spiro atoms. The number of hydrogen-bond donors (Lipinski definition) is 1. The second-order valence-corrected chi connectivity index (χ2v) is 6.49. The van der Waals surface area contributed by atoms with Crippen LogP contribution in [-0.2, 0) is 11.2 Å². The van der Waals surface area contributed by atoms with Crippen molar-refractivity contribution >= 4 is 29.9 Å². The van der Waals surface area contributed by atoms with Crippen LogP contribution in [0.2, 0.25) is 0 Å². The number of ether oxygens (including phenoxy) is 1. The highest BCUT2D eigenvalue weighted by Crippen LogP contribution is 2.17. The maximum absolute atomic E-state index is 6.10. The van der Waals surface area contributed by atoms with Crippen molar-refractivity contribution in [2.45, 2.75) is 12.8 Å². The van der Waals surface area contributed by atoms with E-state index in [4.69, 9.17) is 10.5 Å². The van der Waals surface area contributed by atoms with Gasteiger partial charge in [0.05, 0.1) is 13.2 Å². The molecule has 1 unspecified atom stereocenters. The van der Waals surface area contributed by atoms with E-state index >= 15 is 0 Å². The molecule has 2 N–H and O–H groups in total. The molecule has 0 aliphatic carbocycles. The fourth-order valence-electron chi connectivity index (χ4n) is 3.31. The molecule has 2 fully saturated rings. The SMILES string of the molecule is I.NC(=NCC1CCN(CCc2ccccc2)C1)N1CCOCC1. The van der Waals surface area contributed by atoms with Crippen LogP contribution in [-0.4, -0.2) is 68.2 Å². The van der Waals surface area contributed by atoms with Gasteiger partial charge in [0.25, 0.3) is 0 Å². The fraction of sp³-hybridized carbons (Fsp3) is 0.611. The van der Waals surface area contributed by atoms with Gasteiger partial charge in [-0.1, -0.05) is 30.3 Å². The average Bonchev–Trinajstić information content (AvgIpc) is 3.07. The molecule has 0 amide bonds. The van der Waals surface area contributed by atoms with E-state index in [1.165, 1.54) is 18.5 Å². The van der Waals surface area contributed by atoms with Crippen molar-refractivity contribution < 1.29 is 4.74 Å². The van der Waals surface area contributed by atoms with Crippen molar-refractivity contribution in [3.05, 3.63) is 35.9 Å². The fourth-order valence-corrected chi connectivity index (χ4v) is 3.31. The van der Waals surface area contributed by atoms with Crippen LogP contribution in [0.3, 0.4) is 0 Å². The van der Waals surface area contributed by atoms with Gasteiger partial charge in [0, 0.05) is 32.7 Å². The number of halogens is 1. The van der Waals surface area contributed by atoms with E-state index in [2.05, 4.69) is 45.1 Å². The molecule has 0 radical (unpaired) electrons. The molecule has 2 heterocycles. The predicted octanol–water partition coefficient (Wildman–Crippen LogP) is 1.82. The van der Waals surface area contributed by atoms with Crippen LogP contribution < -0.4 is 5.73 Å². The van der Waals surface area contributed by atoms with E-state index in [0.29, 0.717) is 11.9 Å². The lowest BCUT2D eigenvalue weighted by Crippen LogP contribution is -2.45. The number of nitrogens with two attached hydrogens (primary N) is 1. The van der Waals surface area contributed by atoms with E-state index in [1.54, 1.807) is 0 Å². The van der Waals surface area contributed by atoms with Crippen LogP contribution in [0, 0.1) is 5.92 Å². The summed E-state index contributed by atoms with van der Waals surface area (Å²) in [6.07, 6.45) is 2.36. The Morgan fingerprint density at radius 1 is 1.17 bits per heavy atom. The number of aliphatic imine (C=N–C) groups is 1. The molecule has 24 heavy (non-hydrogen) atoms. The van der Waals surface area contributed by atoms with E-state index in [9.17, 15) is 0 Å². The lowest BCUT2D eigenvalue weighted by atomic mass is 10.1. The van der Waals surface area contributed by atoms with Gasteiger partial charge in [-0.3, -0.25) is 4.99 Å². The molecule has 0 aromatic heterocycles. The Balaban J connectivity index is 0.00000208. The van der Waals surface area contributed by atoms with Gasteiger partial charge in [0.1, 0.15) is 0 Å². The van der Waals surface area contributed by atoms with Crippen molar-refractivity contribution in [3.8, 4) is 0 Å². The zero-order valence-electron chi connectivity index (χ0n) is 14.3. The Morgan fingerprint density at radius 2 is 1.92 bits per heavy atom. The zero-order valence-corrected chi connectivity index (χ0v) is 16.6. The van der Waals surface area contributed by atoms with Gasteiger partial charge in [0.15, 0.2) is 5.96 Å². The summed E-state index contributed by atoms with van der Waals surface area (Å²) in [6, 6.07) is 10.7. The summed E-state index contributed by atoms with van der Waals surface area (Å²) in [5.41, 5.74) is 7.52. The molecule has 2 aliphatic rings. The third kappa shape index (κ3) is 5.89. The summed E-state index contributed by atoms with van der Waals surface area (Å²) in [5.74, 6) is 1.33. The Kier molecular flexibility index (Phi) is 8.28. The van der Waals surface area contributed by atoms with E-state index in [1.807, 2.05) is 0 Å². The van der Waals surface area contributed by atoms with Crippen LogP contribution >= 0.6 is 24.0 Å². The van der Waals surface area contributed by atoms with Crippen LogP contribution in [0.5, 0.6) is 0 Å². The number of morpholine rings is 1. The van der Waals surface area contributed by atoms with Gasteiger partial charge >= 0.3 is 0 Å². The molecular formula is C18H29IN4O. The normalized spacial score (nSPS) is 22.4. The van der Waals surface area contributed by atoms with Crippen molar-refractivity contribution in [2.75, 3.05) is 52.5 Å². The second kappa shape index (κ2) is 10.2. The van der Waals surface area contributed by atoms with Crippen LogP contribution in [0.15, 0.2) is 35.3 Å². The summed E-state index contributed by atoms with van der Waals surface area (Å²) < 4.78 is 5.35. The largest absolute Gasteiger partial charge is 0.378 e. The van der Waals surface area contributed by atoms with E-state index < -0.39 is 0 Å². The Labute approximate surface area is 162 Å². The van der Waals surface area contributed by atoms with Gasteiger partial charge in [-0.05, 0) is 30.9 Å². The Morgan fingerprint density at radius 3 is 2.67 bits per heavy atom. The highest BCUT2D eigenvalue weighted by molar-refractivity contribution is 14.0. The molecule has 2 saturated heterocycles. The second-order valence-electron chi connectivity index (χ2n) is 6.49. The topological polar surface area (TPSA) is 54.1 Å². The maximum Gasteiger partial charge on any atom is 0.191 e. The van der Waals surface area contributed by atoms with Crippen molar-refractivity contribution in [1.82, 2.24) is 9.80 Å². The van der Waals surface area contributed by atoms with Gasteiger partial charge in [-0.2, -0.15) is 0 Å². The van der Waals surface area contributed by atoms with Crippen molar-refractivity contribution in [2.24, 2.45) is 16.6 Å². The Bertz CT molecular complexity index is 505. The summed E-state index contributed by atoms with van der Waals surface area (Å²) in [5, 5.41) is 0. The quantitative estimate of drug-likeness (QED) is 0.428. The Hall–Kier alpha value is -0.860. The first-order valence-electron chi connectivity index (χ1n) is 8.70. The van der Waals surface area contributed by atoms with Crippen molar-refractivity contribution in [1.29, 1.82) is 0 Å². The van der Waals surface area contributed by atoms with E-state index in [0.717, 1.165) is 52.4 Å². The van der Waals surface area contributed by atoms with Gasteiger partial charge in [-0.25, -0.2) is 0 Å². The molecule has 6 heteroatoms. The highest BCUT2D eigenvalue weighted by atomic mass is 127. The van der Waals surface area contributed by atoms with Gasteiger partial charge < -0.3 is 20.3 Å². The van der Waals surface area contributed by atoms with Crippen LogP contribution in [0.1, 0.15) is 12.0 Å². The standard InChI is InChI=1S/C18H28N4O.HI/c19-18(22-10-12-23-13-11-22)20-14-17-7-9-21(15-17)8-6-16-4-2-1-3-5-16;/h1-5,17H,6-15H2,(H2,19,20);1H. The summed E-state index contributed by atoms with van der Waals surface area (Å²) in [6.45, 7) is 7.57. The summed E-state index contributed by atoms with van der Waals surface area (Å²) in [4.78, 5) is 9.30. The molecule has 5 nitrogen and oxygen atoms in total. The minimum atomic E-state index is 0. The van der Waals surface area contributed by atoms with Gasteiger partial charge in [0.2, 0.25) is 0 Å². The lowest BCUT2D eigenvalue weighted by Gasteiger charge is -2.27. The number of likely N-dealkylation sites (tertiary alicyclic amines) is 1. The van der Waals surface area contributed by atoms with E-state index in [-0.39, 0.29) is 24.0 Å². The zero-order chi connectivity index (χ0) is 15.9. The number of nitrogens with zero attached hydrogens (tertiary/aromatic N) is 3. The molecule has 0 saturated carbocycles. The van der Waals surface area contributed by atoms with Crippen molar-refractivity contribution in [3.63, 3.8) is 0 Å². The molecule has 1 aromatic carbocycles. The third-order valence-corrected chi connectivity index (χ3v) is 4.78. The molecule has 0 bridgehead atoms. The molecule has 1 aromatic rings. The number of guanidine groups is 1. The number of rotatable bonds is 5. The summed E-state index contributed by atoms with van der Waals surface area (Å²) >= 11 is 0. The number of hydrogen-bond acceptors (Lipinski definition) is 3. The first-order valence-corrected chi connectivity index (χ1v) is 8.70. The maximum atomic E-state index is 6.10. The smallest absolute Gasteiger partial charge is 0.191 e. The highest BCUT2D eigenvalue weighted by Gasteiger charge is 2.22. The third-order valence-electron chi connectivity index (χ3n) is 4.78. The average molecular weight is 444 g/mol. The van der Waals surface area contributed by atoms with Crippen LogP contribution in [0.25, 0.3) is 0 Å². The molecular weight excluding hydrogens is 415 g/mol. The summed E-state index contributed by atoms with van der Waals surface area (Å²) in [7, 11) is 0. The monoisotopic (exact) mass is 444 g/mol. The first-order chi connectivity index (χ1) is 11.3. The minimum Gasteiger partial charge on any atom is -0.378 e. The first kappa shape index (κ1) is 19.5.